The number of fused-ring (bicyclic) bond motifs is 1. The summed E-state index contributed by atoms with van der Waals surface area (Å²) >= 11 is 0. The second kappa shape index (κ2) is 6.44. The van der Waals surface area contributed by atoms with Crippen LogP contribution in [0, 0.1) is 6.92 Å². The zero-order valence-corrected chi connectivity index (χ0v) is 16.1. The maximum atomic E-state index is 12.5. The molecule has 1 aliphatic heterocycles. The van der Waals surface area contributed by atoms with Crippen molar-refractivity contribution in [2.45, 2.75) is 6.92 Å². The Morgan fingerprint density at radius 3 is 2.12 bits per heavy atom. The first-order valence-electron chi connectivity index (χ1n) is 8.26. The van der Waals surface area contributed by atoms with Gasteiger partial charge in [0.15, 0.2) is 0 Å². The lowest BCUT2D eigenvalue weighted by molar-refractivity contribution is 0.184. The van der Waals surface area contributed by atoms with Gasteiger partial charge in [-0.25, -0.2) is 18.0 Å². The van der Waals surface area contributed by atoms with Gasteiger partial charge in [-0.2, -0.15) is 4.31 Å². The van der Waals surface area contributed by atoms with Crippen LogP contribution >= 0.6 is 0 Å². The Labute approximate surface area is 151 Å². The quantitative estimate of drug-likeness (QED) is 0.809. The molecule has 0 bridgehead atoms. The van der Waals surface area contributed by atoms with Gasteiger partial charge < -0.3 is 10.2 Å². The van der Waals surface area contributed by atoms with Gasteiger partial charge in [-0.3, -0.25) is 9.13 Å². The first-order valence-corrected chi connectivity index (χ1v) is 10.1. The van der Waals surface area contributed by atoms with Gasteiger partial charge in [0.1, 0.15) is 0 Å². The second-order valence-electron chi connectivity index (χ2n) is 6.64. The topological polar surface area (TPSA) is 96.7 Å². The Balaban J connectivity index is 1.79. The third-order valence-corrected chi connectivity index (χ3v) is 6.16. The fraction of sp³-hybridized carbons (Fsp3) is 0.500. The van der Waals surface area contributed by atoms with E-state index < -0.39 is 10.0 Å². The van der Waals surface area contributed by atoms with E-state index in [0.717, 1.165) is 16.6 Å². The Hall–Kier alpha value is -2.33. The second-order valence-corrected chi connectivity index (χ2v) is 8.62. The highest BCUT2D eigenvalue weighted by Crippen LogP contribution is 2.23. The maximum Gasteiger partial charge on any atom is 0.328 e. The lowest BCUT2D eigenvalue weighted by atomic mass is 10.1. The number of sulfonamides is 1. The smallest absolute Gasteiger partial charge is 0.322 e. The number of aryl methyl sites for hydroxylation is 3. The average molecular weight is 381 g/mol. The molecule has 2 amide bonds. The number of carbonyl (C=O) groups excluding carboxylic acids is 1. The molecule has 3 rings (SSSR count). The molecule has 1 aromatic heterocycles. The molecule has 0 unspecified atom stereocenters. The number of urea groups is 1. The molecule has 10 heteroatoms. The summed E-state index contributed by atoms with van der Waals surface area (Å²) in [6.45, 7) is 3.12. The first kappa shape index (κ1) is 18.5. The molecule has 0 atom stereocenters. The molecule has 1 aliphatic rings. The van der Waals surface area contributed by atoms with Crippen molar-refractivity contribution in [1.82, 2.24) is 18.3 Å². The number of carbonyl (C=O) groups is 1. The number of hydrogen-bond donors (Lipinski definition) is 1. The summed E-state index contributed by atoms with van der Waals surface area (Å²) in [5, 5.41) is 2.88. The van der Waals surface area contributed by atoms with Crippen molar-refractivity contribution in [1.29, 1.82) is 0 Å². The van der Waals surface area contributed by atoms with E-state index in [1.807, 2.05) is 13.0 Å². The number of nitrogens with zero attached hydrogens (tertiary/aromatic N) is 4. The first-order chi connectivity index (χ1) is 12.1. The van der Waals surface area contributed by atoms with Gasteiger partial charge in [0.05, 0.1) is 17.3 Å². The van der Waals surface area contributed by atoms with Crippen LogP contribution in [0.4, 0.5) is 10.5 Å². The van der Waals surface area contributed by atoms with Crippen LogP contribution in [-0.2, 0) is 24.1 Å². The predicted octanol–water partition coefficient (Wildman–Crippen LogP) is 0.295. The Morgan fingerprint density at radius 1 is 1.04 bits per heavy atom. The van der Waals surface area contributed by atoms with E-state index in [1.165, 1.54) is 15.1 Å². The molecule has 1 N–H and O–H groups in total. The molecule has 9 nitrogen and oxygen atoms in total. The van der Waals surface area contributed by atoms with Crippen LogP contribution in [0.15, 0.2) is 16.9 Å². The highest BCUT2D eigenvalue weighted by molar-refractivity contribution is 7.88. The molecule has 1 fully saturated rings. The number of anilines is 1. The van der Waals surface area contributed by atoms with Gasteiger partial charge in [-0.15, -0.1) is 0 Å². The summed E-state index contributed by atoms with van der Waals surface area (Å²) in [5.74, 6) is 0. The van der Waals surface area contributed by atoms with Crippen LogP contribution in [0.1, 0.15) is 5.56 Å². The highest BCUT2D eigenvalue weighted by Gasteiger charge is 2.26. The third kappa shape index (κ3) is 3.21. The van der Waals surface area contributed by atoms with Crippen molar-refractivity contribution in [3.05, 3.63) is 28.2 Å². The number of imidazole rings is 1. The van der Waals surface area contributed by atoms with Crippen molar-refractivity contribution in [2.75, 3.05) is 37.8 Å². The fourth-order valence-electron chi connectivity index (χ4n) is 3.20. The average Bonchev–Trinajstić information content (AvgIpc) is 2.79. The summed E-state index contributed by atoms with van der Waals surface area (Å²) in [7, 11) is 0.171. The van der Waals surface area contributed by atoms with E-state index in [2.05, 4.69) is 5.32 Å². The number of amides is 2. The molecule has 1 aromatic carbocycles. The van der Waals surface area contributed by atoms with Crippen molar-refractivity contribution >= 4 is 32.8 Å². The van der Waals surface area contributed by atoms with E-state index >= 15 is 0 Å². The summed E-state index contributed by atoms with van der Waals surface area (Å²) in [4.78, 5) is 26.2. The minimum absolute atomic E-state index is 0.125. The van der Waals surface area contributed by atoms with Crippen LogP contribution in [0.5, 0.6) is 0 Å². The monoisotopic (exact) mass is 381 g/mol. The number of aromatic nitrogens is 2. The standard InChI is InChI=1S/C16H23N5O4S/c1-11-9-13-14(19(3)16(23)18(13)2)10-12(11)17-15(22)20-5-7-21(8-6-20)26(4,24)25/h9-10H,5-8H2,1-4H3,(H,17,22). The third-order valence-electron chi connectivity index (χ3n) is 4.85. The molecule has 1 saturated heterocycles. The molecule has 26 heavy (non-hydrogen) atoms. The lowest BCUT2D eigenvalue weighted by Gasteiger charge is -2.33. The summed E-state index contributed by atoms with van der Waals surface area (Å²) < 4.78 is 27.6. The van der Waals surface area contributed by atoms with Gasteiger partial charge in [-0.05, 0) is 24.6 Å². The number of rotatable bonds is 2. The summed E-state index contributed by atoms with van der Waals surface area (Å²) in [5.41, 5.74) is 2.89. The van der Waals surface area contributed by atoms with E-state index in [-0.39, 0.29) is 24.8 Å². The van der Waals surface area contributed by atoms with Crippen molar-refractivity contribution in [3.63, 3.8) is 0 Å². The SMILES string of the molecule is Cc1cc2c(cc1NC(=O)N1CCN(S(C)(=O)=O)CC1)n(C)c(=O)n2C. The molecule has 2 aromatic rings. The van der Waals surface area contributed by atoms with E-state index in [1.54, 1.807) is 29.6 Å². The highest BCUT2D eigenvalue weighted by atomic mass is 32.2. The van der Waals surface area contributed by atoms with E-state index in [9.17, 15) is 18.0 Å². The van der Waals surface area contributed by atoms with Crippen LogP contribution in [0.2, 0.25) is 0 Å². The van der Waals surface area contributed by atoms with Crippen LogP contribution in [-0.4, -0.2) is 65.2 Å². The fourth-order valence-corrected chi connectivity index (χ4v) is 4.03. The van der Waals surface area contributed by atoms with Crippen molar-refractivity contribution in [2.24, 2.45) is 14.1 Å². The zero-order valence-electron chi connectivity index (χ0n) is 15.3. The molecule has 0 spiro atoms. The van der Waals surface area contributed by atoms with Gasteiger partial charge in [0.25, 0.3) is 0 Å². The maximum absolute atomic E-state index is 12.5. The molecule has 0 aliphatic carbocycles. The van der Waals surface area contributed by atoms with Crippen LogP contribution in [0.25, 0.3) is 11.0 Å². The number of hydrogen-bond acceptors (Lipinski definition) is 4. The zero-order chi connectivity index (χ0) is 19.2. The van der Waals surface area contributed by atoms with Crippen LogP contribution in [0.3, 0.4) is 0 Å². The van der Waals surface area contributed by atoms with Crippen molar-refractivity contribution < 1.29 is 13.2 Å². The Bertz CT molecular complexity index is 1030. The Kier molecular flexibility index (Phi) is 4.57. The predicted molar refractivity (Wildman–Crippen MR) is 99.9 cm³/mol. The van der Waals surface area contributed by atoms with Gasteiger partial charge in [0.2, 0.25) is 10.0 Å². The molecule has 2 heterocycles. The summed E-state index contributed by atoms with van der Waals surface area (Å²) in [6, 6.07) is 3.38. The molecular weight excluding hydrogens is 358 g/mol. The van der Waals surface area contributed by atoms with E-state index in [4.69, 9.17) is 0 Å². The minimum Gasteiger partial charge on any atom is -0.322 e. The number of benzene rings is 1. The number of piperazine rings is 1. The van der Waals surface area contributed by atoms with Gasteiger partial charge in [0, 0.05) is 46.0 Å². The van der Waals surface area contributed by atoms with Crippen molar-refractivity contribution in [3.8, 4) is 0 Å². The minimum atomic E-state index is -3.23. The number of nitrogens with one attached hydrogen (secondary N) is 1. The molecule has 0 saturated carbocycles. The van der Waals surface area contributed by atoms with Gasteiger partial charge >= 0.3 is 11.7 Å². The normalized spacial score (nSPS) is 16.2. The van der Waals surface area contributed by atoms with Crippen LogP contribution < -0.4 is 11.0 Å². The summed E-state index contributed by atoms with van der Waals surface area (Å²) in [6.07, 6.45) is 1.17. The molecule has 0 radical (unpaired) electrons. The molecular formula is C16H23N5O4S. The Morgan fingerprint density at radius 2 is 1.58 bits per heavy atom. The molecule has 142 valence electrons. The largest absolute Gasteiger partial charge is 0.328 e. The lowest BCUT2D eigenvalue weighted by Crippen LogP contribution is -2.51. The van der Waals surface area contributed by atoms with E-state index in [0.29, 0.717) is 18.8 Å². The van der Waals surface area contributed by atoms with Gasteiger partial charge in [-0.1, -0.05) is 0 Å².